The fourth-order valence-corrected chi connectivity index (χ4v) is 3.35. The van der Waals surface area contributed by atoms with Crippen LogP contribution in [0, 0.1) is 22.7 Å². The molecule has 4 heteroatoms. The zero-order valence-electron chi connectivity index (χ0n) is 14.4. The molecule has 0 amide bonds. The largest absolute Gasteiger partial charge is 0.370 e. The molecule has 0 unspecified atom stereocenters. The molecule has 0 aromatic carbocycles. The molecular weight excluding hydrogens is 306 g/mol. The van der Waals surface area contributed by atoms with Gasteiger partial charge in [-0.05, 0) is 45.1 Å². The first-order valence-electron chi connectivity index (χ1n) is 8.51. The Morgan fingerprint density at radius 2 is 1.96 bits per heavy atom. The molecular formula is C19H26ClN3. The molecule has 3 nitrogen and oxygen atoms in total. The molecule has 0 atom stereocenters. The number of halogens is 1. The maximum absolute atomic E-state index is 6.15. The molecule has 2 aliphatic rings. The molecule has 1 saturated carbocycles. The number of rotatable bonds is 3. The molecule has 2 heterocycles. The normalized spacial score (nSPS) is 21.5. The molecule has 2 fully saturated rings. The van der Waals surface area contributed by atoms with Crippen molar-refractivity contribution in [3.8, 4) is 11.8 Å². The average molecular weight is 332 g/mol. The fourth-order valence-electron chi connectivity index (χ4n) is 3.20. The fraction of sp³-hybridized carbons (Fsp3) is 0.632. The number of piperidine rings is 1. The lowest BCUT2D eigenvalue weighted by molar-refractivity contribution is 0.242. The molecule has 0 bridgehead atoms. The number of hydrogen-bond acceptors (Lipinski definition) is 3. The Morgan fingerprint density at radius 3 is 2.57 bits per heavy atom. The Hall–Kier alpha value is -1.24. The summed E-state index contributed by atoms with van der Waals surface area (Å²) in [5.41, 5.74) is 2.77. The van der Waals surface area contributed by atoms with Crippen LogP contribution in [-0.2, 0) is 0 Å². The van der Waals surface area contributed by atoms with E-state index in [-0.39, 0.29) is 5.41 Å². The van der Waals surface area contributed by atoms with E-state index in [0.717, 1.165) is 30.9 Å². The first-order valence-corrected chi connectivity index (χ1v) is 8.89. The Labute approximate surface area is 144 Å². The summed E-state index contributed by atoms with van der Waals surface area (Å²) < 4.78 is 0. The Kier molecular flexibility index (Phi) is 4.58. The lowest BCUT2D eigenvalue weighted by atomic mass is 9.80. The summed E-state index contributed by atoms with van der Waals surface area (Å²) >= 11 is 6.15. The summed E-state index contributed by atoms with van der Waals surface area (Å²) in [6.07, 6.45) is 6.61. The van der Waals surface area contributed by atoms with Gasteiger partial charge in [0.15, 0.2) is 0 Å². The van der Waals surface area contributed by atoms with Gasteiger partial charge < -0.3 is 10.2 Å². The molecule has 0 spiro atoms. The quantitative estimate of drug-likeness (QED) is 0.676. The van der Waals surface area contributed by atoms with Crippen LogP contribution in [0.4, 0.5) is 5.69 Å². The number of nitrogens with one attached hydrogen (secondary N) is 1. The van der Waals surface area contributed by atoms with Gasteiger partial charge in [0.05, 0.1) is 11.3 Å². The van der Waals surface area contributed by atoms with Crippen molar-refractivity contribution >= 4 is 17.3 Å². The molecule has 1 N–H and O–H groups in total. The van der Waals surface area contributed by atoms with Crippen molar-refractivity contribution < 1.29 is 0 Å². The molecule has 1 aromatic rings. The van der Waals surface area contributed by atoms with E-state index in [2.05, 4.69) is 40.9 Å². The van der Waals surface area contributed by atoms with E-state index >= 15 is 0 Å². The van der Waals surface area contributed by atoms with Gasteiger partial charge in [-0.15, -0.1) is 0 Å². The van der Waals surface area contributed by atoms with Crippen molar-refractivity contribution in [2.45, 2.75) is 39.5 Å². The van der Waals surface area contributed by atoms with Crippen LogP contribution in [-0.4, -0.2) is 31.7 Å². The Balaban J connectivity index is 1.79. The molecule has 1 aromatic heterocycles. The zero-order chi connectivity index (χ0) is 16.5. The van der Waals surface area contributed by atoms with Gasteiger partial charge in [-0.1, -0.05) is 30.4 Å². The minimum Gasteiger partial charge on any atom is -0.370 e. The van der Waals surface area contributed by atoms with Crippen LogP contribution in [0.15, 0.2) is 12.3 Å². The third kappa shape index (κ3) is 4.00. The first-order chi connectivity index (χ1) is 10.9. The van der Waals surface area contributed by atoms with Crippen molar-refractivity contribution in [3.63, 3.8) is 0 Å². The number of aromatic nitrogens is 1. The molecule has 1 aliphatic carbocycles. The SMILES string of the molecule is CNCC1(C)CCN(c2cc(Cl)ncc2C#CC2(C)CC2)CC1. The van der Waals surface area contributed by atoms with Crippen molar-refractivity contribution in [3.05, 3.63) is 23.0 Å². The molecule has 1 saturated heterocycles. The van der Waals surface area contributed by atoms with Gasteiger partial charge in [0.25, 0.3) is 0 Å². The van der Waals surface area contributed by atoms with Crippen molar-refractivity contribution in [1.82, 2.24) is 10.3 Å². The van der Waals surface area contributed by atoms with Gasteiger partial charge in [0.1, 0.15) is 5.15 Å². The maximum Gasteiger partial charge on any atom is 0.131 e. The van der Waals surface area contributed by atoms with Crippen LogP contribution in [0.1, 0.15) is 45.1 Å². The maximum atomic E-state index is 6.15. The highest BCUT2D eigenvalue weighted by molar-refractivity contribution is 6.29. The second-order valence-electron chi connectivity index (χ2n) is 7.66. The molecule has 124 valence electrons. The van der Waals surface area contributed by atoms with E-state index in [0.29, 0.717) is 10.6 Å². The highest BCUT2D eigenvalue weighted by Crippen LogP contribution is 2.44. The van der Waals surface area contributed by atoms with Gasteiger partial charge in [0, 0.05) is 37.3 Å². The second-order valence-corrected chi connectivity index (χ2v) is 8.05. The van der Waals surface area contributed by atoms with Crippen LogP contribution < -0.4 is 10.2 Å². The molecule has 1 aliphatic heterocycles. The molecule has 0 radical (unpaired) electrons. The third-order valence-corrected chi connectivity index (χ3v) is 5.47. The zero-order valence-corrected chi connectivity index (χ0v) is 15.1. The Bertz CT molecular complexity index is 632. The predicted molar refractivity (Wildman–Crippen MR) is 96.9 cm³/mol. The number of pyridine rings is 1. The van der Waals surface area contributed by atoms with Crippen molar-refractivity contribution in [1.29, 1.82) is 0 Å². The molecule has 23 heavy (non-hydrogen) atoms. The number of nitrogens with zero attached hydrogens (tertiary/aromatic N) is 2. The smallest absolute Gasteiger partial charge is 0.131 e. The number of anilines is 1. The highest BCUT2D eigenvalue weighted by atomic mass is 35.5. The minimum absolute atomic E-state index is 0.226. The lowest BCUT2D eigenvalue weighted by Crippen LogP contribution is -2.43. The van der Waals surface area contributed by atoms with E-state index in [4.69, 9.17) is 11.6 Å². The average Bonchev–Trinajstić information content (AvgIpc) is 3.25. The van der Waals surface area contributed by atoms with Crippen LogP contribution in [0.25, 0.3) is 0 Å². The van der Waals surface area contributed by atoms with Gasteiger partial charge in [0.2, 0.25) is 0 Å². The van der Waals surface area contributed by atoms with E-state index in [1.165, 1.54) is 25.7 Å². The highest BCUT2D eigenvalue weighted by Gasteiger charge is 2.35. The predicted octanol–water partition coefficient (Wildman–Crippen LogP) is 3.71. The van der Waals surface area contributed by atoms with Crippen LogP contribution in [0.2, 0.25) is 5.15 Å². The van der Waals surface area contributed by atoms with Crippen molar-refractivity contribution in [2.24, 2.45) is 10.8 Å². The first kappa shape index (κ1) is 16.6. The van der Waals surface area contributed by atoms with Gasteiger partial charge in [-0.25, -0.2) is 4.98 Å². The van der Waals surface area contributed by atoms with Crippen LogP contribution in [0.5, 0.6) is 0 Å². The minimum atomic E-state index is 0.226. The van der Waals surface area contributed by atoms with E-state index in [1.807, 2.05) is 19.3 Å². The Morgan fingerprint density at radius 1 is 1.26 bits per heavy atom. The second kappa shape index (κ2) is 6.34. The summed E-state index contributed by atoms with van der Waals surface area (Å²) in [5.74, 6) is 6.78. The van der Waals surface area contributed by atoms with E-state index in [1.54, 1.807) is 0 Å². The number of hydrogen-bond donors (Lipinski definition) is 1. The van der Waals surface area contributed by atoms with E-state index < -0.39 is 0 Å². The molecule has 3 rings (SSSR count). The summed E-state index contributed by atoms with van der Waals surface area (Å²) in [6.45, 7) is 7.76. The van der Waals surface area contributed by atoms with Gasteiger partial charge in [-0.3, -0.25) is 0 Å². The monoisotopic (exact) mass is 331 g/mol. The van der Waals surface area contributed by atoms with Crippen LogP contribution >= 0.6 is 11.6 Å². The van der Waals surface area contributed by atoms with Crippen LogP contribution in [0.3, 0.4) is 0 Å². The summed E-state index contributed by atoms with van der Waals surface area (Å²) in [5, 5.41) is 3.87. The summed E-state index contributed by atoms with van der Waals surface area (Å²) in [7, 11) is 2.03. The van der Waals surface area contributed by atoms with Crippen molar-refractivity contribution in [2.75, 3.05) is 31.6 Å². The lowest BCUT2D eigenvalue weighted by Gasteiger charge is -2.40. The summed E-state index contributed by atoms with van der Waals surface area (Å²) in [4.78, 5) is 6.66. The topological polar surface area (TPSA) is 28.2 Å². The van der Waals surface area contributed by atoms with Gasteiger partial charge in [-0.2, -0.15) is 0 Å². The summed E-state index contributed by atoms with van der Waals surface area (Å²) in [6, 6.07) is 1.97. The van der Waals surface area contributed by atoms with Gasteiger partial charge >= 0.3 is 0 Å². The standard InChI is InChI=1S/C19H26ClN3/c1-18(6-7-18)5-4-15-13-22-17(20)12-16(15)23-10-8-19(2,9-11-23)14-21-3/h12-13,21H,6-11,14H2,1-3H3. The van der Waals surface area contributed by atoms with E-state index in [9.17, 15) is 0 Å². The third-order valence-electron chi connectivity index (χ3n) is 5.26.